The van der Waals surface area contributed by atoms with Crippen LogP contribution in [0.15, 0.2) is 24.3 Å². The summed E-state index contributed by atoms with van der Waals surface area (Å²) in [6, 6.07) is 6.72. The molecule has 2 atom stereocenters. The summed E-state index contributed by atoms with van der Waals surface area (Å²) >= 11 is 11.9. The second-order valence-corrected chi connectivity index (χ2v) is 7.75. The molecule has 2 aliphatic rings. The lowest BCUT2D eigenvalue weighted by atomic mass is 10.1. The van der Waals surface area contributed by atoms with Crippen LogP contribution in [0.25, 0.3) is 0 Å². The minimum absolute atomic E-state index is 0.0606. The Labute approximate surface area is 153 Å². The van der Waals surface area contributed by atoms with Gasteiger partial charge in [-0.05, 0) is 19.1 Å². The monoisotopic (exact) mass is 386 g/mol. The highest BCUT2D eigenvalue weighted by Crippen LogP contribution is 2.64. The number of ether oxygens (including phenoxy) is 2. The lowest BCUT2D eigenvalue weighted by molar-refractivity contribution is -0.153. The molecule has 0 saturated heterocycles. The predicted octanol–water partition coefficient (Wildman–Crippen LogP) is 1.39. The molecule has 1 aromatic carbocycles. The van der Waals surface area contributed by atoms with Crippen LogP contribution in [0.3, 0.4) is 0 Å². The Bertz CT molecular complexity index is 754. The van der Waals surface area contributed by atoms with Gasteiger partial charge in [-0.1, -0.05) is 12.1 Å². The first-order valence-corrected chi connectivity index (χ1v) is 8.32. The standard InChI is InChI=1S/C16H16Cl2N2O5/c1-15(8-16(15,17)18)14(23)24-7-12(21)20-6-11(13(19)22)25-10-5-3-2-4-9(10)20/h2-5,11H,6-8H2,1H3,(H2,19,22)/t11-,15-/m0/s1. The fourth-order valence-electron chi connectivity index (χ4n) is 2.60. The van der Waals surface area contributed by atoms with E-state index in [9.17, 15) is 14.4 Å². The van der Waals surface area contributed by atoms with Crippen molar-refractivity contribution in [3.63, 3.8) is 0 Å². The van der Waals surface area contributed by atoms with Crippen molar-refractivity contribution in [2.45, 2.75) is 23.8 Å². The number of carbonyl (C=O) groups is 3. The molecule has 2 amide bonds. The maximum absolute atomic E-state index is 12.5. The topological polar surface area (TPSA) is 98.9 Å². The number of amides is 2. The first-order chi connectivity index (χ1) is 11.7. The molecule has 1 heterocycles. The van der Waals surface area contributed by atoms with Crippen LogP contribution in [-0.4, -0.2) is 41.4 Å². The third-order valence-corrected chi connectivity index (χ3v) is 5.53. The molecule has 1 aromatic rings. The Balaban J connectivity index is 1.71. The molecule has 25 heavy (non-hydrogen) atoms. The van der Waals surface area contributed by atoms with Gasteiger partial charge in [0.15, 0.2) is 12.7 Å². The Morgan fingerprint density at radius 1 is 1.36 bits per heavy atom. The van der Waals surface area contributed by atoms with Gasteiger partial charge < -0.3 is 20.1 Å². The summed E-state index contributed by atoms with van der Waals surface area (Å²) in [6.07, 6.45) is -0.714. The van der Waals surface area contributed by atoms with Crippen molar-refractivity contribution in [3.8, 4) is 5.75 Å². The van der Waals surface area contributed by atoms with Crippen LogP contribution in [0.5, 0.6) is 5.75 Å². The summed E-state index contributed by atoms with van der Waals surface area (Å²) < 4.78 is 9.38. The number of para-hydroxylation sites is 2. The number of hydrogen-bond donors (Lipinski definition) is 1. The summed E-state index contributed by atoms with van der Waals surface area (Å²) in [5.41, 5.74) is 4.74. The summed E-state index contributed by atoms with van der Waals surface area (Å²) in [5, 5.41) is 0. The third-order valence-electron chi connectivity index (χ3n) is 4.43. The van der Waals surface area contributed by atoms with Gasteiger partial charge in [0.25, 0.3) is 11.8 Å². The van der Waals surface area contributed by atoms with E-state index in [-0.39, 0.29) is 13.0 Å². The molecular formula is C16H16Cl2N2O5. The normalized spacial score (nSPS) is 26.2. The molecule has 1 fully saturated rings. The Morgan fingerprint density at radius 3 is 2.60 bits per heavy atom. The van der Waals surface area contributed by atoms with E-state index in [1.807, 2.05) is 0 Å². The Hall–Kier alpha value is -1.99. The SMILES string of the molecule is C[C@@]1(C(=O)OCC(=O)N2C[C@@H](C(N)=O)Oc3ccccc32)CC1(Cl)Cl. The van der Waals surface area contributed by atoms with Crippen LogP contribution < -0.4 is 15.4 Å². The van der Waals surface area contributed by atoms with Crippen LogP contribution in [0, 0.1) is 5.41 Å². The number of nitrogens with two attached hydrogens (primary N) is 1. The van der Waals surface area contributed by atoms with Gasteiger partial charge in [-0.3, -0.25) is 14.4 Å². The number of benzene rings is 1. The van der Waals surface area contributed by atoms with Gasteiger partial charge in [-0.15, -0.1) is 23.2 Å². The molecule has 7 nitrogen and oxygen atoms in total. The largest absolute Gasteiger partial charge is 0.477 e. The number of alkyl halides is 2. The number of hydrogen-bond acceptors (Lipinski definition) is 5. The van der Waals surface area contributed by atoms with Gasteiger partial charge in [0.1, 0.15) is 15.5 Å². The maximum Gasteiger partial charge on any atom is 0.315 e. The summed E-state index contributed by atoms with van der Waals surface area (Å²) in [6.45, 7) is 1.01. The van der Waals surface area contributed by atoms with Gasteiger partial charge in [0, 0.05) is 6.42 Å². The van der Waals surface area contributed by atoms with Gasteiger partial charge in [-0.2, -0.15) is 0 Å². The van der Waals surface area contributed by atoms with Crippen molar-refractivity contribution < 1.29 is 23.9 Å². The van der Waals surface area contributed by atoms with Crippen LogP contribution >= 0.6 is 23.2 Å². The molecule has 0 radical (unpaired) electrons. The van der Waals surface area contributed by atoms with Gasteiger partial charge in [0.05, 0.1) is 12.2 Å². The van der Waals surface area contributed by atoms with E-state index in [0.717, 1.165) is 0 Å². The number of primary amides is 1. The van der Waals surface area contributed by atoms with E-state index >= 15 is 0 Å². The molecule has 0 bridgehead atoms. The van der Waals surface area contributed by atoms with Crippen molar-refractivity contribution in [1.82, 2.24) is 0 Å². The van der Waals surface area contributed by atoms with E-state index in [1.54, 1.807) is 31.2 Å². The number of fused-ring (bicyclic) bond motifs is 1. The van der Waals surface area contributed by atoms with E-state index in [1.165, 1.54) is 4.90 Å². The zero-order chi connectivity index (χ0) is 18.4. The maximum atomic E-state index is 12.5. The molecule has 3 rings (SSSR count). The number of carbonyl (C=O) groups excluding carboxylic acids is 3. The second-order valence-electron chi connectivity index (χ2n) is 6.27. The smallest absolute Gasteiger partial charge is 0.315 e. The molecule has 2 N–H and O–H groups in total. The highest BCUT2D eigenvalue weighted by atomic mass is 35.5. The predicted molar refractivity (Wildman–Crippen MR) is 90.5 cm³/mol. The quantitative estimate of drug-likeness (QED) is 0.622. The van der Waals surface area contributed by atoms with Crippen LogP contribution in [0.1, 0.15) is 13.3 Å². The number of halogens is 2. The van der Waals surface area contributed by atoms with Crippen LogP contribution in [-0.2, 0) is 19.1 Å². The Morgan fingerprint density at radius 2 is 2.00 bits per heavy atom. The second kappa shape index (κ2) is 6.07. The minimum Gasteiger partial charge on any atom is -0.477 e. The lowest BCUT2D eigenvalue weighted by Crippen LogP contribution is -2.50. The highest BCUT2D eigenvalue weighted by molar-refractivity contribution is 6.53. The molecule has 134 valence electrons. The van der Waals surface area contributed by atoms with Crippen LogP contribution in [0.4, 0.5) is 5.69 Å². The highest BCUT2D eigenvalue weighted by Gasteiger charge is 2.69. The molecule has 1 aliphatic heterocycles. The summed E-state index contributed by atoms with van der Waals surface area (Å²) in [5.74, 6) is -1.48. The van der Waals surface area contributed by atoms with Gasteiger partial charge in [0.2, 0.25) is 0 Å². The minimum atomic E-state index is -1.17. The molecule has 0 spiro atoms. The first kappa shape index (κ1) is 17.8. The molecule has 0 unspecified atom stereocenters. The molecule has 1 aliphatic carbocycles. The van der Waals surface area contributed by atoms with Crippen molar-refractivity contribution in [2.75, 3.05) is 18.1 Å². The fourth-order valence-corrected chi connectivity index (χ4v) is 3.29. The van der Waals surface area contributed by atoms with Crippen molar-refractivity contribution in [1.29, 1.82) is 0 Å². The van der Waals surface area contributed by atoms with Crippen LogP contribution in [0.2, 0.25) is 0 Å². The van der Waals surface area contributed by atoms with E-state index in [2.05, 4.69) is 0 Å². The van der Waals surface area contributed by atoms with E-state index in [0.29, 0.717) is 11.4 Å². The van der Waals surface area contributed by atoms with Gasteiger partial charge in [-0.25, -0.2) is 0 Å². The van der Waals surface area contributed by atoms with E-state index < -0.39 is 40.2 Å². The zero-order valence-corrected chi connectivity index (χ0v) is 14.8. The number of rotatable bonds is 4. The Kier molecular flexibility index (Phi) is 4.33. The lowest BCUT2D eigenvalue weighted by Gasteiger charge is -2.33. The summed E-state index contributed by atoms with van der Waals surface area (Å²) in [7, 11) is 0. The average molecular weight is 387 g/mol. The molecule has 1 saturated carbocycles. The van der Waals surface area contributed by atoms with Gasteiger partial charge >= 0.3 is 5.97 Å². The zero-order valence-electron chi connectivity index (χ0n) is 13.3. The van der Waals surface area contributed by atoms with Crippen molar-refractivity contribution in [2.24, 2.45) is 11.1 Å². The molecule has 0 aromatic heterocycles. The number of nitrogens with zero attached hydrogens (tertiary/aromatic N) is 1. The summed E-state index contributed by atoms with van der Waals surface area (Å²) in [4.78, 5) is 37.4. The molecular weight excluding hydrogens is 371 g/mol. The third kappa shape index (κ3) is 3.14. The average Bonchev–Trinajstić information content (AvgIpc) is 3.10. The van der Waals surface area contributed by atoms with Crippen molar-refractivity contribution in [3.05, 3.63) is 24.3 Å². The number of esters is 1. The fraction of sp³-hybridized carbons (Fsp3) is 0.438. The molecule has 9 heteroatoms. The number of anilines is 1. The van der Waals surface area contributed by atoms with Crippen molar-refractivity contribution >= 4 is 46.7 Å². The first-order valence-electron chi connectivity index (χ1n) is 7.56. The van der Waals surface area contributed by atoms with E-state index in [4.69, 9.17) is 38.4 Å².